The Balaban J connectivity index is 1.66. The van der Waals surface area contributed by atoms with Crippen molar-refractivity contribution < 1.29 is 4.74 Å². The van der Waals surface area contributed by atoms with E-state index in [2.05, 4.69) is 18.7 Å². The minimum atomic E-state index is 0.588. The standard InChI is InChI=1S/C17H28N2O/c1-14(2)19(13-16-4-5-16)10-3-11-20-17-8-6-15(12-18)7-9-17/h6-9,14,16H,3-5,10-13,18H2,1-2H3. The average Bonchev–Trinajstić information content (AvgIpc) is 3.26. The van der Waals surface area contributed by atoms with Crippen molar-refractivity contribution in [3.05, 3.63) is 29.8 Å². The summed E-state index contributed by atoms with van der Waals surface area (Å²) >= 11 is 0. The number of rotatable bonds is 9. The molecule has 0 heterocycles. The molecular formula is C17H28N2O. The molecule has 3 heteroatoms. The van der Waals surface area contributed by atoms with Crippen molar-refractivity contribution in [3.63, 3.8) is 0 Å². The van der Waals surface area contributed by atoms with Gasteiger partial charge in [-0.15, -0.1) is 0 Å². The zero-order valence-electron chi connectivity index (χ0n) is 12.8. The molecule has 1 fully saturated rings. The Morgan fingerprint density at radius 3 is 2.50 bits per heavy atom. The first-order chi connectivity index (χ1) is 9.69. The van der Waals surface area contributed by atoms with E-state index in [4.69, 9.17) is 10.5 Å². The molecule has 3 nitrogen and oxygen atoms in total. The third-order valence-electron chi connectivity index (χ3n) is 3.94. The van der Waals surface area contributed by atoms with Crippen LogP contribution in [0.4, 0.5) is 0 Å². The smallest absolute Gasteiger partial charge is 0.119 e. The third kappa shape index (κ3) is 5.14. The van der Waals surface area contributed by atoms with E-state index in [0.717, 1.165) is 36.8 Å². The van der Waals surface area contributed by atoms with E-state index >= 15 is 0 Å². The van der Waals surface area contributed by atoms with Crippen molar-refractivity contribution >= 4 is 0 Å². The summed E-state index contributed by atoms with van der Waals surface area (Å²) in [4.78, 5) is 2.58. The molecule has 0 amide bonds. The molecule has 20 heavy (non-hydrogen) atoms. The van der Waals surface area contributed by atoms with Crippen LogP contribution in [0.3, 0.4) is 0 Å². The molecule has 1 aliphatic carbocycles. The van der Waals surface area contributed by atoms with Gasteiger partial charge in [0.15, 0.2) is 0 Å². The minimum absolute atomic E-state index is 0.588. The summed E-state index contributed by atoms with van der Waals surface area (Å²) < 4.78 is 5.79. The van der Waals surface area contributed by atoms with Crippen LogP contribution in [0.2, 0.25) is 0 Å². The van der Waals surface area contributed by atoms with E-state index in [9.17, 15) is 0 Å². The summed E-state index contributed by atoms with van der Waals surface area (Å²) in [7, 11) is 0. The maximum Gasteiger partial charge on any atom is 0.119 e. The van der Waals surface area contributed by atoms with Gasteiger partial charge in [-0.1, -0.05) is 12.1 Å². The molecule has 0 radical (unpaired) electrons. The Morgan fingerprint density at radius 1 is 1.25 bits per heavy atom. The highest BCUT2D eigenvalue weighted by Gasteiger charge is 2.25. The van der Waals surface area contributed by atoms with Crippen molar-refractivity contribution in [1.29, 1.82) is 0 Å². The first-order valence-corrected chi connectivity index (χ1v) is 7.85. The van der Waals surface area contributed by atoms with Gasteiger partial charge < -0.3 is 15.4 Å². The van der Waals surface area contributed by atoms with Crippen LogP contribution in [0.5, 0.6) is 5.75 Å². The Bertz CT molecular complexity index is 384. The maximum absolute atomic E-state index is 5.79. The highest BCUT2D eigenvalue weighted by Crippen LogP contribution is 2.30. The SMILES string of the molecule is CC(C)N(CCCOc1ccc(CN)cc1)CC1CC1. The van der Waals surface area contributed by atoms with E-state index in [0.29, 0.717) is 12.6 Å². The summed E-state index contributed by atoms with van der Waals surface area (Å²) in [5.41, 5.74) is 6.73. The fraction of sp³-hybridized carbons (Fsp3) is 0.647. The molecule has 0 saturated heterocycles. The van der Waals surface area contributed by atoms with Crippen molar-refractivity contribution in [2.75, 3.05) is 19.7 Å². The monoisotopic (exact) mass is 276 g/mol. The largest absolute Gasteiger partial charge is 0.494 e. The number of benzene rings is 1. The third-order valence-corrected chi connectivity index (χ3v) is 3.94. The van der Waals surface area contributed by atoms with E-state index in [1.54, 1.807) is 0 Å². The van der Waals surface area contributed by atoms with Crippen LogP contribution in [0.25, 0.3) is 0 Å². The van der Waals surface area contributed by atoms with E-state index in [1.165, 1.54) is 19.4 Å². The zero-order valence-corrected chi connectivity index (χ0v) is 12.8. The lowest BCUT2D eigenvalue weighted by Crippen LogP contribution is -2.34. The van der Waals surface area contributed by atoms with Crippen LogP contribution < -0.4 is 10.5 Å². The Morgan fingerprint density at radius 2 is 1.95 bits per heavy atom. The molecule has 2 rings (SSSR count). The second kappa shape index (κ2) is 7.65. The lowest BCUT2D eigenvalue weighted by atomic mass is 10.2. The Hall–Kier alpha value is -1.06. The van der Waals surface area contributed by atoms with Crippen molar-refractivity contribution in [2.45, 2.75) is 45.7 Å². The molecule has 1 aromatic carbocycles. The van der Waals surface area contributed by atoms with E-state index in [-0.39, 0.29) is 0 Å². The number of nitrogens with two attached hydrogens (primary N) is 1. The molecule has 2 N–H and O–H groups in total. The summed E-state index contributed by atoms with van der Waals surface area (Å²) in [5, 5.41) is 0. The molecule has 112 valence electrons. The van der Waals surface area contributed by atoms with Crippen LogP contribution in [-0.4, -0.2) is 30.6 Å². The van der Waals surface area contributed by atoms with Crippen LogP contribution >= 0.6 is 0 Å². The molecule has 1 aromatic rings. The summed E-state index contributed by atoms with van der Waals surface area (Å²) in [5.74, 6) is 1.91. The lowest BCUT2D eigenvalue weighted by molar-refractivity contribution is 0.191. The molecule has 1 saturated carbocycles. The Labute approximate surface area is 123 Å². The summed E-state index contributed by atoms with van der Waals surface area (Å²) in [6.45, 7) is 8.35. The predicted molar refractivity (Wildman–Crippen MR) is 83.9 cm³/mol. The van der Waals surface area contributed by atoms with Crippen LogP contribution in [0, 0.1) is 5.92 Å². The summed E-state index contributed by atoms with van der Waals surface area (Å²) in [6.07, 6.45) is 3.93. The quantitative estimate of drug-likeness (QED) is 0.705. The van der Waals surface area contributed by atoms with Gasteiger partial charge in [0.2, 0.25) is 0 Å². The fourth-order valence-corrected chi connectivity index (χ4v) is 2.37. The summed E-state index contributed by atoms with van der Waals surface area (Å²) in [6, 6.07) is 8.71. The van der Waals surface area contributed by atoms with E-state index in [1.807, 2.05) is 24.3 Å². The molecule has 0 aromatic heterocycles. The highest BCUT2D eigenvalue weighted by atomic mass is 16.5. The zero-order chi connectivity index (χ0) is 14.4. The first-order valence-electron chi connectivity index (χ1n) is 7.85. The van der Waals surface area contributed by atoms with Gasteiger partial charge in [0.1, 0.15) is 5.75 Å². The molecule has 0 bridgehead atoms. The Kier molecular flexibility index (Phi) is 5.86. The molecule has 0 spiro atoms. The predicted octanol–water partition coefficient (Wildman–Crippen LogP) is 3.03. The van der Waals surface area contributed by atoms with Crippen molar-refractivity contribution in [1.82, 2.24) is 4.90 Å². The van der Waals surface area contributed by atoms with Crippen molar-refractivity contribution in [3.8, 4) is 5.75 Å². The fourth-order valence-electron chi connectivity index (χ4n) is 2.37. The topological polar surface area (TPSA) is 38.5 Å². The van der Waals surface area contributed by atoms with Crippen LogP contribution in [0.15, 0.2) is 24.3 Å². The molecule has 0 unspecified atom stereocenters. The highest BCUT2D eigenvalue weighted by molar-refractivity contribution is 5.26. The second-order valence-electron chi connectivity index (χ2n) is 6.08. The van der Waals surface area contributed by atoms with Gasteiger partial charge in [0.25, 0.3) is 0 Å². The van der Waals surface area contributed by atoms with Crippen LogP contribution in [0.1, 0.15) is 38.7 Å². The van der Waals surface area contributed by atoms with Crippen LogP contribution in [-0.2, 0) is 6.54 Å². The molecule has 1 aliphatic rings. The number of hydrogen-bond donors (Lipinski definition) is 1. The number of nitrogens with zero attached hydrogens (tertiary/aromatic N) is 1. The van der Waals surface area contributed by atoms with Gasteiger partial charge in [-0.2, -0.15) is 0 Å². The number of ether oxygens (including phenoxy) is 1. The molecule has 0 atom stereocenters. The molecule has 0 aliphatic heterocycles. The second-order valence-corrected chi connectivity index (χ2v) is 6.08. The lowest BCUT2D eigenvalue weighted by Gasteiger charge is -2.26. The maximum atomic E-state index is 5.79. The van der Waals surface area contributed by atoms with Gasteiger partial charge in [0.05, 0.1) is 6.61 Å². The van der Waals surface area contributed by atoms with Crippen molar-refractivity contribution in [2.24, 2.45) is 11.7 Å². The van der Waals surface area contributed by atoms with E-state index < -0.39 is 0 Å². The van der Waals surface area contributed by atoms with Gasteiger partial charge in [0, 0.05) is 25.7 Å². The minimum Gasteiger partial charge on any atom is -0.494 e. The average molecular weight is 276 g/mol. The normalized spacial score (nSPS) is 15.1. The van der Waals surface area contributed by atoms with Gasteiger partial charge >= 0.3 is 0 Å². The van der Waals surface area contributed by atoms with Gasteiger partial charge in [-0.05, 0) is 56.7 Å². The van der Waals surface area contributed by atoms with Gasteiger partial charge in [-0.3, -0.25) is 0 Å². The first kappa shape index (κ1) is 15.3. The van der Waals surface area contributed by atoms with Gasteiger partial charge in [-0.25, -0.2) is 0 Å². The number of hydrogen-bond acceptors (Lipinski definition) is 3. The molecular weight excluding hydrogens is 248 g/mol.